The number of carbonyl (C=O) groups is 2. The molecule has 1 rings (SSSR count). The van der Waals surface area contributed by atoms with Gasteiger partial charge in [-0.3, -0.25) is 9.59 Å². The Labute approximate surface area is 128 Å². The Bertz CT molecular complexity index is 489. The molecule has 0 fully saturated rings. The quantitative estimate of drug-likeness (QED) is 0.660. The predicted octanol–water partition coefficient (Wildman–Crippen LogP) is 0.828. The Kier molecular flexibility index (Phi) is 6.93. The van der Waals surface area contributed by atoms with Crippen LogP contribution in [0.3, 0.4) is 0 Å². The lowest BCUT2D eigenvalue weighted by Crippen LogP contribution is -2.31. The van der Waals surface area contributed by atoms with Crippen molar-refractivity contribution in [3.05, 3.63) is 4.88 Å². The molecular weight excluding hydrogens is 290 g/mol. The monoisotopic (exact) mass is 313 g/mol. The number of amides is 2. The van der Waals surface area contributed by atoms with Gasteiger partial charge in [-0.2, -0.15) is 0 Å². The molecule has 2 amide bonds. The van der Waals surface area contributed by atoms with E-state index in [-0.39, 0.29) is 30.6 Å². The van der Waals surface area contributed by atoms with E-state index >= 15 is 0 Å². The summed E-state index contributed by atoms with van der Waals surface area (Å²) in [6, 6.07) is 0. The van der Waals surface area contributed by atoms with Gasteiger partial charge in [0.2, 0.25) is 5.91 Å². The van der Waals surface area contributed by atoms with Crippen molar-refractivity contribution < 1.29 is 9.59 Å². The van der Waals surface area contributed by atoms with Crippen LogP contribution >= 0.6 is 11.3 Å². The normalized spacial score (nSPS) is 10.2. The summed E-state index contributed by atoms with van der Waals surface area (Å²) in [5.74, 6) is -0.131. The van der Waals surface area contributed by atoms with Crippen molar-refractivity contribution in [2.75, 3.05) is 37.3 Å². The number of hydrogen-bond donors (Lipinski definition) is 3. The molecule has 4 N–H and O–H groups in total. The number of thiazole rings is 1. The van der Waals surface area contributed by atoms with E-state index in [1.165, 1.54) is 11.3 Å². The maximum absolute atomic E-state index is 12.0. The minimum Gasteiger partial charge on any atom is -0.382 e. The summed E-state index contributed by atoms with van der Waals surface area (Å²) >= 11 is 1.25. The van der Waals surface area contributed by atoms with Gasteiger partial charge in [-0.15, -0.1) is 0 Å². The highest BCUT2D eigenvalue weighted by Gasteiger charge is 2.17. The number of anilines is 2. The molecule has 0 bridgehead atoms. The highest BCUT2D eigenvalue weighted by atomic mass is 32.1. The molecule has 7 nitrogen and oxygen atoms in total. The number of hydrogen-bond acceptors (Lipinski definition) is 6. The average molecular weight is 313 g/mol. The van der Waals surface area contributed by atoms with Crippen LogP contribution in [-0.2, 0) is 4.79 Å². The van der Waals surface area contributed by atoms with Crippen molar-refractivity contribution in [2.24, 2.45) is 0 Å². The van der Waals surface area contributed by atoms with Crippen LogP contribution in [0.25, 0.3) is 0 Å². The van der Waals surface area contributed by atoms with Gasteiger partial charge in [0.25, 0.3) is 5.91 Å². The number of nitrogen functional groups attached to an aromatic ring is 1. The van der Waals surface area contributed by atoms with Crippen LogP contribution in [-0.4, -0.2) is 43.5 Å². The van der Waals surface area contributed by atoms with Crippen LogP contribution in [0.4, 0.5) is 10.9 Å². The van der Waals surface area contributed by atoms with E-state index < -0.39 is 0 Å². The van der Waals surface area contributed by atoms with E-state index in [2.05, 4.69) is 15.6 Å². The second kappa shape index (κ2) is 8.46. The van der Waals surface area contributed by atoms with Crippen LogP contribution < -0.4 is 21.3 Å². The molecule has 0 spiro atoms. The van der Waals surface area contributed by atoms with E-state index in [1.807, 2.05) is 25.8 Å². The first-order valence-electron chi connectivity index (χ1n) is 7.01. The molecule has 0 aromatic carbocycles. The minimum atomic E-state index is -0.288. The third-order valence-electron chi connectivity index (χ3n) is 2.86. The lowest BCUT2D eigenvalue weighted by atomic mass is 10.3. The van der Waals surface area contributed by atoms with Gasteiger partial charge in [-0.1, -0.05) is 18.3 Å². The van der Waals surface area contributed by atoms with Crippen molar-refractivity contribution in [2.45, 2.75) is 26.7 Å². The molecule has 8 heteroatoms. The number of nitrogens with one attached hydrogen (secondary N) is 2. The molecule has 0 radical (unpaired) electrons. The first-order chi connectivity index (χ1) is 9.99. The summed E-state index contributed by atoms with van der Waals surface area (Å²) in [6.45, 7) is 5.70. The van der Waals surface area contributed by atoms with Crippen LogP contribution in [0.15, 0.2) is 0 Å². The van der Waals surface area contributed by atoms with Crippen LogP contribution in [0.5, 0.6) is 0 Å². The molecule has 0 saturated heterocycles. The van der Waals surface area contributed by atoms with Gasteiger partial charge < -0.3 is 21.3 Å². The minimum absolute atomic E-state index is 0.0687. The standard InChI is InChI=1S/C13H23N5O2S/c1-4-7-15-9(19)6-8-16-12(20)10-11(14)17-13(21-10)18(3)5-2/h4-8,14H2,1-3H3,(H,15,19)(H,16,20). The zero-order valence-corrected chi connectivity index (χ0v) is 13.5. The van der Waals surface area contributed by atoms with E-state index in [4.69, 9.17) is 5.73 Å². The SMILES string of the molecule is CCCNC(=O)CCNC(=O)c1sc(N(C)CC)nc1N. The molecule has 0 saturated carbocycles. The molecule has 1 heterocycles. The van der Waals surface area contributed by atoms with Crippen molar-refractivity contribution in [3.8, 4) is 0 Å². The highest BCUT2D eigenvalue weighted by Crippen LogP contribution is 2.27. The topological polar surface area (TPSA) is 100 Å². The highest BCUT2D eigenvalue weighted by molar-refractivity contribution is 7.18. The molecule has 118 valence electrons. The Morgan fingerprint density at radius 2 is 2.00 bits per heavy atom. The van der Waals surface area contributed by atoms with Gasteiger partial charge in [0.05, 0.1) is 0 Å². The van der Waals surface area contributed by atoms with E-state index in [0.29, 0.717) is 16.6 Å². The average Bonchev–Trinajstić information content (AvgIpc) is 2.86. The van der Waals surface area contributed by atoms with Crippen molar-refractivity contribution in [3.63, 3.8) is 0 Å². The van der Waals surface area contributed by atoms with E-state index in [1.54, 1.807) is 0 Å². The van der Waals surface area contributed by atoms with Crippen LogP contribution in [0.2, 0.25) is 0 Å². The lowest BCUT2D eigenvalue weighted by molar-refractivity contribution is -0.120. The zero-order chi connectivity index (χ0) is 15.8. The third kappa shape index (κ3) is 5.22. The molecule has 1 aromatic rings. The van der Waals surface area contributed by atoms with Gasteiger partial charge in [-0.05, 0) is 13.3 Å². The smallest absolute Gasteiger partial charge is 0.265 e. The maximum atomic E-state index is 12.0. The van der Waals surface area contributed by atoms with Crippen molar-refractivity contribution >= 4 is 34.1 Å². The third-order valence-corrected chi connectivity index (χ3v) is 4.04. The largest absolute Gasteiger partial charge is 0.382 e. The van der Waals surface area contributed by atoms with Gasteiger partial charge in [-0.25, -0.2) is 4.98 Å². The molecule has 0 aliphatic carbocycles. The summed E-state index contributed by atoms with van der Waals surface area (Å²) in [4.78, 5) is 29.9. The van der Waals surface area contributed by atoms with Crippen LogP contribution in [0.1, 0.15) is 36.4 Å². The Morgan fingerprint density at radius 1 is 1.29 bits per heavy atom. The van der Waals surface area contributed by atoms with Gasteiger partial charge in [0.15, 0.2) is 5.13 Å². The lowest BCUT2D eigenvalue weighted by Gasteiger charge is -2.10. The van der Waals surface area contributed by atoms with Crippen molar-refractivity contribution in [1.29, 1.82) is 0 Å². The van der Waals surface area contributed by atoms with Crippen molar-refractivity contribution in [1.82, 2.24) is 15.6 Å². The van der Waals surface area contributed by atoms with Gasteiger partial charge in [0.1, 0.15) is 10.7 Å². The number of rotatable bonds is 8. The Hall–Kier alpha value is -1.83. The van der Waals surface area contributed by atoms with Crippen LogP contribution in [0, 0.1) is 0 Å². The second-order valence-corrected chi connectivity index (χ2v) is 5.56. The fourth-order valence-electron chi connectivity index (χ4n) is 1.50. The summed E-state index contributed by atoms with van der Waals surface area (Å²) in [6.07, 6.45) is 1.15. The first-order valence-corrected chi connectivity index (χ1v) is 7.83. The van der Waals surface area contributed by atoms with Gasteiger partial charge in [0, 0.05) is 33.1 Å². The number of nitrogens with zero attached hydrogens (tertiary/aromatic N) is 2. The van der Waals surface area contributed by atoms with E-state index in [0.717, 1.165) is 13.0 Å². The summed E-state index contributed by atoms with van der Waals surface area (Å²) in [7, 11) is 1.89. The molecule has 0 atom stereocenters. The van der Waals surface area contributed by atoms with E-state index in [9.17, 15) is 9.59 Å². The summed E-state index contributed by atoms with van der Waals surface area (Å²) < 4.78 is 0. The summed E-state index contributed by atoms with van der Waals surface area (Å²) in [5.41, 5.74) is 5.76. The zero-order valence-electron chi connectivity index (χ0n) is 12.7. The summed E-state index contributed by atoms with van der Waals surface area (Å²) in [5, 5.41) is 6.15. The number of nitrogens with two attached hydrogens (primary N) is 1. The molecule has 1 aromatic heterocycles. The molecular formula is C13H23N5O2S. The number of aromatic nitrogens is 1. The molecule has 21 heavy (non-hydrogen) atoms. The molecule has 0 unspecified atom stereocenters. The fourth-order valence-corrected chi connectivity index (χ4v) is 2.43. The molecule has 0 aliphatic rings. The second-order valence-electron chi connectivity index (χ2n) is 4.58. The number of carbonyl (C=O) groups excluding carboxylic acids is 2. The molecule has 0 aliphatic heterocycles. The first kappa shape index (κ1) is 17.2. The maximum Gasteiger partial charge on any atom is 0.265 e. The Balaban J connectivity index is 2.49. The fraction of sp³-hybridized carbons (Fsp3) is 0.615. The Morgan fingerprint density at radius 3 is 2.62 bits per heavy atom. The van der Waals surface area contributed by atoms with Gasteiger partial charge >= 0.3 is 0 Å². The predicted molar refractivity (Wildman–Crippen MR) is 85.7 cm³/mol.